The van der Waals surface area contributed by atoms with Crippen molar-refractivity contribution >= 4 is 26.8 Å². The fourth-order valence-electron chi connectivity index (χ4n) is 5.63. The zero-order chi connectivity index (χ0) is 31.2. The molecule has 0 saturated heterocycles. The standard InChI is InChI=1S/C34H28F3NO5S/c1-21-9-12-24-5-2-3-8-28(24)32(21)44(41,42)38(20-27-15-16-31(43-27)34(35,36)37)19-22-10-13-23(14-11-22)25-6-4-7-26(17-25)29-18-30(29)33(39)40/h2-17,29-30H,18-20H2,1H3,(H,39,40). The first kappa shape index (κ1) is 29.7. The third-order valence-corrected chi connectivity index (χ3v) is 10.0. The molecule has 1 heterocycles. The van der Waals surface area contributed by atoms with E-state index in [0.717, 1.165) is 38.5 Å². The molecule has 1 aliphatic rings. The Labute approximate surface area is 252 Å². The Bertz CT molecular complexity index is 1970. The van der Waals surface area contributed by atoms with Crippen molar-refractivity contribution in [2.45, 2.75) is 43.4 Å². The zero-order valence-corrected chi connectivity index (χ0v) is 24.4. The minimum absolute atomic E-state index is 0.0116. The molecule has 1 saturated carbocycles. The molecule has 4 aromatic carbocycles. The molecule has 6 nitrogen and oxygen atoms in total. The van der Waals surface area contributed by atoms with Crippen LogP contribution in [-0.2, 0) is 34.1 Å². The van der Waals surface area contributed by atoms with Crippen LogP contribution in [0.2, 0.25) is 0 Å². The molecule has 44 heavy (non-hydrogen) atoms. The van der Waals surface area contributed by atoms with E-state index in [1.165, 1.54) is 0 Å². The number of benzene rings is 4. The van der Waals surface area contributed by atoms with E-state index in [1.807, 2.05) is 42.5 Å². The maximum Gasteiger partial charge on any atom is 0.449 e. The number of aliphatic carboxylic acids is 1. The smallest absolute Gasteiger partial charge is 0.449 e. The van der Waals surface area contributed by atoms with Gasteiger partial charge in [0.15, 0.2) is 0 Å². The Balaban J connectivity index is 1.33. The van der Waals surface area contributed by atoms with Crippen molar-refractivity contribution < 1.29 is 35.9 Å². The minimum atomic E-state index is -4.70. The highest BCUT2D eigenvalue weighted by molar-refractivity contribution is 7.89. The van der Waals surface area contributed by atoms with Gasteiger partial charge in [0.25, 0.3) is 0 Å². The van der Waals surface area contributed by atoms with E-state index >= 15 is 0 Å². The van der Waals surface area contributed by atoms with Gasteiger partial charge < -0.3 is 9.52 Å². The Hall–Kier alpha value is -4.41. The largest absolute Gasteiger partial charge is 0.481 e. The zero-order valence-electron chi connectivity index (χ0n) is 23.6. The highest BCUT2D eigenvalue weighted by Gasteiger charge is 2.44. The average molecular weight is 620 g/mol. The maximum atomic E-state index is 14.3. The number of aryl methyl sites for hydroxylation is 1. The van der Waals surface area contributed by atoms with Crippen LogP contribution in [-0.4, -0.2) is 23.8 Å². The third kappa shape index (κ3) is 5.87. The number of alkyl halides is 3. The van der Waals surface area contributed by atoms with Gasteiger partial charge >= 0.3 is 12.1 Å². The summed E-state index contributed by atoms with van der Waals surface area (Å²) in [6.07, 6.45) is -4.09. The first-order valence-corrected chi connectivity index (χ1v) is 15.4. The number of carboxylic acids is 1. The Morgan fingerprint density at radius 2 is 1.66 bits per heavy atom. The number of sulfonamides is 1. The lowest BCUT2D eigenvalue weighted by molar-refractivity contribution is -0.153. The Morgan fingerprint density at radius 1 is 0.909 bits per heavy atom. The molecule has 1 N–H and O–H groups in total. The van der Waals surface area contributed by atoms with Crippen LogP contribution in [0.3, 0.4) is 0 Å². The van der Waals surface area contributed by atoms with E-state index in [9.17, 15) is 31.5 Å². The van der Waals surface area contributed by atoms with Gasteiger partial charge in [-0.2, -0.15) is 17.5 Å². The molecule has 5 aromatic rings. The van der Waals surface area contributed by atoms with Gasteiger partial charge in [0, 0.05) is 11.9 Å². The van der Waals surface area contributed by atoms with Crippen LogP contribution in [0.1, 0.15) is 40.5 Å². The number of rotatable bonds is 9. The molecule has 0 aliphatic heterocycles. The Morgan fingerprint density at radius 3 is 2.34 bits per heavy atom. The average Bonchev–Trinajstić information content (AvgIpc) is 3.66. The molecule has 2 atom stereocenters. The molecular formula is C34H28F3NO5S. The molecular weight excluding hydrogens is 591 g/mol. The summed E-state index contributed by atoms with van der Waals surface area (Å²) in [5.74, 6) is -2.51. The molecule has 0 spiro atoms. The summed E-state index contributed by atoms with van der Waals surface area (Å²) < 4.78 is 74.5. The molecule has 2 unspecified atom stereocenters. The van der Waals surface area contributed by atoms with Crippen LogP contribution in [0.25, 0.3) is 21.9 Å². The molecule has 1 fully saturated rings. The topological polar surface area (TPSA) is 87.8 Å². The van der Waals surface area contributed by atoms with E-state index in [0.29, 0.717) is 22.9 Å². The number of furan rings is 1. The first-order valence-electron chi connectivity index (χ1n) is 14.0. The van der Waals surface area contributed by atoms with Crippen molar-refractivity contribution in [1.29, 1.82) is 0 Å². The van der Waals surface area contributed by atoms with Crippen LogP contribution >= 0.6 is 0 Å². The second kappa shape index (κ2) is 11.3. The number of nitrogens with zero attached hydrogens (tertiary/aromatic N) is 1. The lowest BCUT2D eigenvalue weighted by atomic mass is 9.99. The van der Waals surface area contributed by atoms with Gasteiger partial charge in [-0.3, -0.25) is 4.79 Å². The van der Waals surface area contributed by atoms with Crippen LogP contribution in [0.5, 0.6) is 0 Å². The summed E-state index contributed by atoms with van der Waals surface area (Å²) in [6, 6.07) is 27.5. The molecule has 226 valence electrons. The predicted octanol–water partition coefficient (Wildman–Crippen LogP) is 8.01. The van der Waals surface area contributed by atoms with E-state index in [-0.39, 0.29) is 29.0 Å². The van der Waals surface area contributed by atoms with E-state index in [1.54, 1.807) is 49.4 Å². The van der Waals surface area contributed by atoms with Crippen LogP contribution < -0.4 is 0 Å². The fourth-order valence-corrected chi connectivity index (χ4v) is 7.44. The summed E-state index contributed by atoms with van der Waals surface area (Å²) in [4.78, 5) is 11.4. The number of hydrogen-bond acceptors (Lipinski definition) is 4. The fraction of sp³-hybridized carbons (Fsp3) is 0.206. The molecule has 0 radical (unpaired) electrons. The summed E-state index contributed by atoms with van der Waals surface area (Å²) >= 11 is 0. The summed E-state index contributed by atoms with van der Waals surface area (Å²) in [6.45, 7) is 1.17. The molecule has 6 rings (SSSR count). The number of carbonyl (C=O) groups is 1. The highest BCUT2D eigenvalue weighted by Crippen LogP contribution is 2.48. The highest BCUT2D eigenvalue weighted by atomic mass is 32.2. The van der Waals surface area contributed by atoms with Gasteiger partial charge in [0.2, 0.25) is 15.8 Å². The normalized spacial score (nSPS) is 16.8. The maximum absolute atomic E-state index is 14.3. The van der Waals surface area contributed by atoms with Crippen molar-refractivity contribution in [3.05, 3.63) is 125 Å². The summed E-state index contributed by atoms with van der Waals surface area (Å²) in [5, 5.41) is 10.5. The molecule has 10 heteroatoms. The lowest BCUT2D eigenvalue weighted by Crippen LogP contribution is -2.31. The molecule has 0 bridgehead atoms. The van der Waals surface area contributed by atoms with Crippen molar-refractivity contribution in [3.63, 3.8) is 0 Å². The monoisotopic (exact) mass is 619 g/mol. The predicted molar refractivity (Wildman–Crippen MR) is 159 cm³/mol. The molecule has 1 aliphatic carbocycles. The third-order valence-electron chi connectivity index (χ3n) is 8.02. The van der Waals surface area contributed by atoms with E-state index in [2.05, 4.69) is 0 Å². The van der Waals surface area contributed by atoms with E-state index < -0.39 is 34.5 Å². The van der Waals surface area contributed by atoms with Gasteiger partial charge in [-0.15, -0.1) is 0 Å². The van der Waals surface area contributed by atoms with Gasteiger partial charge in [-0.05, 0) is 64.6 Å². The van der Waals surface area contributed by atoms with Crippen molar-refractivity contribution in [1.82, 2.24) is 4.31 Å². The quantitative estimate of drug-likeness (QED) is 0.181. The van der Waals surface area contributed by atoms with Gasteiger partial charge in [-0.1, -0.05) is 84.9 Å². The SMILES string of the molecule is Cc1ccc2ccccc2c1S(=O)(=O)N(Cc1ccc(-c2cccc(C3CC3C(=O)O)c2)cc1)Cc1ccc(C(F)(F)F)o1. The summed E-state index contributed by atoms with van der Waals surface area (Å²) in [7, 11) is -4.22. The van der Waals surface area contributed by atoms with Crippen LogP contribution in [0, 0.1) is 12.8 Å². The number of fused-ring (bicyclic) bond motifs is 1. The number of hydrogen-bond donors (Lipinski definition) is 1. The minimum Gasteiger partial charge on any atom is -0.481 e. The second-order valence-corrected chi connectivity index (χ2v) is 13.0. The number of carboxylic acid groups (broad SMARTS) is 1. The van der Waals surface area contributed by atoms with Crippen LogP contribution in [0.15, 0.2) is 106 Å². The lowest BCUT2D eigenvalue weighted by Gasteiger charge is -2.24. The second-order valence-electron chi connectivity index (χ2n) is 11.1. The Kier molecular flexibility index (Phi) is 7.59. The van der Waals surface area contributed by atoms with Gasteiger partial charge in [0.05, 0.1) is 17.4 Å². The van der Waals surface area contributed by atoms with Crippen molar-refractivity contribution in [2.24, 2.45) is 5.92 Å². The van der Waals surface area contributed by atoms with E-state index in [4.69, 9.17) is 4.42 Å². The summed E-state index contributed by atoms with van der Waals surface area (Å²) in [5.41, 5.74) is 3.86. The number of halogens is 3. The van der Waals surface area contributed by atoms with Crippen molar-refractivity contribution in [3.8, 4) is 11.1 Å². The molecule has 1 aromatic heterocycles. The van der Waals surface area contributed by atoms with Crippen LogP contribution in [0.4, 0.5) is 13.2 Å². The van der Waals surface area contributed by atoms with Crippen molar-refractivity contribution in [2.75, 3.05) is 0 Å². The molecule has 0 amide bonds. The van der Waals surface area contributed by atoms with Gasteiger partial charge in [0.1, 0.15) is 5.76 Å². The van der Waals surface area contributed by atoms with Gasteiger partial charge in [-0.25, -0.2) is 8.42 Å². The first-order chi connectivity index (χ1) is 20.9.